The minimum absolute atomic E-state index is 0.0727. The number of Topliss-reactive ketones (excluding diaryl/α,β-unsaturated/α-hetero) is 1. The van der Waals surface area contributed by atoms with Crippen LogP contribution in [-0.4, -0.2) is 23.4 Å². The Morgan fingerprint density at radius 2 is 1.77 bits per heavy atom. The molecule has 0 fully saturated rings. The van der Waals surface area contributed by atoms with E-state index < -0.39 is 12.0 Å². The number of hydrogen-bond donors (Lipinski definition) is 0. The molecule has 1 aromatic rings. The van der Waals surface area contributed by atoms with E-state index in [-0.39, 0.29) is 29.1 Å². The molecule has 122 valence electrons. The fourth-order valence-electron chi connectivity index (χ4n) is 2.58. The lowest BCUT2D eigenvalue weighted by atomic mass is 9.81. The van der Waals surface area contributed by atoms with Crippen LogP contribution in [0.25, 0.3) is 0 Å². The van der Waals surface area contributed by atoms with Gasteiger partial charge in [-0.1, -0.05) is 51.1 Å². The quantitative estimate of drug-likeness (QED) is 0.518. The third-order valence-electron chi connectivity index (χ3n) is 4.05. The summed E-state index contributed by atoms with van der Waals surface area (Å²) in [7, 11) is 0. The van der Waals surface area contributed by atoms with Crippen LogP contribution in [0.2, 0.25) is 0 Å². The molecular formula is C17H25NO4. The molecule has 0 saturated carbocycles. The molecule has 0 radical (unpaired) electrons. The molecule has 22 heavy (non-hydrogen) atoms. The molecule has 5 nitrogen and oxygen atoms in total. The highest BCUT2D eigenvalue weighted by Crippen LogP contribution is 2.24. The fraction of sp³-hybridized carbons (Fsp3) is 0.588. The number of carbonyl (C=O) groups excluding carboxylic acids is 1. The van der Waals surface area contributed by atoms with E-state index in [2.05, 4.69) is 0 Å². The average molecular weight is 307 g/mol. The average Bonchev–Trinajstić information content (AvgIpc) is 2.49. The number of carbonyl (C=O) groups is 1. The zero-order valence-electron chi connectivity index (χ0n) is 13.7. The first-order valence-corrected chi connectivity index (χ1v) is 7.64. The standard InChI is InChI=1S/C17H25NO4/c1-12(2)16(10-18(20)21)13(3)17(19)14(4)22-11-15-8-6-5-7-9-15/h5-9,12-14,16H,10-11H2,1-4H3/t13-,14-,16-/m0/s1. The maximum absolute atomic E-state index is 12.4. The number of ketones is 1. The molecule has 0 unspecified atom stereocenters. The first-order valence-electron chi connectivity index (χ1n) is 7.64. The maximum atomic E-state index is 12.4. The van der Waals surface area contributed by atoms with Crippen molar-refractivity contribution in [2.24, 2.45) is 17.8 Å². The number of ether oxygens (including phenoxy) is 1. The smallest absolute Gasteiger partial charge is 0.207 e. The van der Waals surface area contributed by atoms with E-state index in [0.29, 0.717) is 6.61 Å². The highest BCUT2D eigenvalue weighted by Gasteiger charge is 2.33. The number of rotatable bonds is 9. The van der Waals surface area contributed by atoms with Gasteiger partial charge in [0.05, 0.1) is 6.61 Å². The second-order valence-electron chi connectivity index (χ2n) is 6.05. The Morgan fingerprint density at radius 1 is 1.18 bits per heavy atom. The monoisotopic (exact) mass is 307 g/mol. The van der Waals surface area contributed by atoms with Crippen molar-refractivity contribution in [3.8, 4) is 0 Å². The summed E-state index contributed by atoms with van der Waals surface area (Å²) in [5, 5.41) is 10.8. The normalized spacial score (nSPS) is 15.3. The zero-order valence-corrected chi connectivity index (χ0v) is 13.7. The van der Waals surface area contributed by atoms with Gasteiger partial charge in [0.1, 0.15) is 6.10 Å². The van der Waals surface area contributed by atoms with Gasteiger partial charge in [-0.05, 0) is 18.4 Å². The highest BCUT2D eigenvalue weighted by atomic mass is 16.6. The molecule has 0 aliphatic rings. The van der Waals surface area contributed by atoms with E-state index in [1.165, 1.54) is 0 Å². The third-order valence-corrected chi connectivity index (χ3v) is 4.05. The van der Waals surface area contributed by atoms with Crippen LogP contribution in [0.15, 0.2) is 30.3 Å². The molecule has 3 atom stereocenters. The summed E-state index contributed by atoms with van der Waals surface area (Å²) in [6, 6.07) is 9.62. The topological polar surface area (TPSA) is 69.4 Å². The molecular weight excluding hydrogens is 282 g/mol. The fourth-order valence-corrected chi connectivity index (χ4v) is 2.58. The largest absolute Gasteiger partial charge is 0.366 e. The van der Waals surface area contributed by atoms with E-state index in [4.69, 9.17) is 4.74 Å². The van der Waals surface area contributed by atoms with Crippen LogP contribution in [-0.2, 0) is 16.1 Å². The van der Waals surface area contributed by atoms with Crippen LogP contribution in [0.3, 0.4) is 0 Å². The number of nitro groups is 1. The lowest BCUT2D eigenvalue weighted by Gasteiger charge is -2.25. The molecule has 0 aromatic heterocycles. The number of nitrogens with zero attached hydrogens (tertiary/aromatic N) is 1. The van der Waals surface area contributed by atoms with Gasteiger partial charge in [-0.3, -0.25) is 14.9 Å². The van der Waals surface area contributed by atoms with Crippen molar-refractivity contribution in [1.29, 1.82) is 0 Å². The first-order chi connectivity index (χ1) is 10.3. The Morgan fingerprint density at radius 3 is 2.27 bits per heavy atom. The van der Waals surface area contributed by atoms with Gasteiger partial charge in [0.25, 0.3) is 0 Å². The Kier molecular flexibility index (Phi) is 7.18. The van der Waals surface area contributed by atoms with E-state index >= 15 is 0 Å². The van der Waals surface area contributed by atoms with Crippen LogP contribution >= 0.6 is 0 Å². The van der Waals surface area contributed by atoms with E-state index in [1.54, 1.807) is 13.8 Å². The third kappa shape index (κ3) is 5.56. The van der Waals surface area contributed by atoms with Gasteiger partial charge in [0.15, 0.2) is 5.78 Å². The van der Waals surface area contributed by atoms with E-state index in [0.717, 1.165) is 5.56 Å². The number of hydrogen-bond acceptors (Lipinski definition) is 4. The van der Waals surface area contributed by atoms with Crippen LogP contribution < -0.4 is 0 Å². The van der Waals surface area contributed by atoms with Crippen molar-refractivity contribution in [3.63, 3.8) is 0 Å². The zero-order chi connectivity index (χ0) is 16.7. The van der Waals surface area contributed by atoms with E-state index in [1.807, 2.05) is 44.2 Å². The van der Waals surface area contributed by atoms with Gasteiger partial charge in [-0.25, -0.2) is 0 Å². The van der Waals surface area contributed by atoms with Crippen LogP contribution in [0.4, 0.5) is 0 Å². The molecule has 0 heterocycles. The Labute approximate surface area is 131 Å². The van der Waals surface area contributed by atoms with Crippen molar-refractivity contribution < 1.29 is 14.5 Å². The molecule has 0 aliphatic heterocycles. The van der Waals surface area contributed by atoms with Crippen LogP contribution in [0, 0.1) is 27.9 Å². The second kappa shape index (κ2) is 8.63. The lowest BCUT2D eigenvalue weighted by molar-refractivity contribution is -0.491. The summed E-state index contributed by atoms with van der Waals surface area (Å²) in [6.07, 6.45) is -0.566. The van der Waals surface area contributed by atoms with Crippen molar-refractivity contribution in [2.75, 3.05) is 6.54 Å². The van der Waals surface area contributed by atoms with Gasteiger partial charge in [0.2, 0.25) is 6.54 Å². The van der Waals surface area contributed by atoms with E-state index in [9.17, 15) is 14.9 Å². The second-order valence-corrected chi connectivity index (χ2v) is 6.05. The summed E-state index contributed by atoms with van der Waals surface area (Å²) in [6.45, 7) is 7.48. The minimum atomic E-state index is -0.566. The summed E-state index contributed by atoms with van der Waals surface area (Å²) in [5.41, 5.74) is 1.00. The molecule has 0 aliphatic carbocycles. The van der Waals surface area contributed by atoms with Gasteiger partial charge in [0, 0.05) is 16.8 Å². The van der Waals surface area contributed by atoms with Crippen molar-refractivity contribution >= 4 is 5.78 Å². The predicted octanol–water partition coefficient (Wildman–Crippen LogP) is 3.35. The van der Waals surface area contributed by atoms with Crippen LogP contribution in [0.1, 0.15) is 33.3 Å². The van der Waals surface area contributed by atoms with Gasteiger partial charge in [-0.2, -0.15) is 0 Å². The minimum Gasteiger partial charge on any atom is -0.366 e. The Balaban J connectivity index is 2.61. The summed E-state index contributed by atoms with van der Waals surface area (Å²) in [4.78, 5) is 22.9. The van der Waals surface area contributed by atoms with Gasteiger partial charge >= 0.3 is 0 Å². The summed E-state index contributed by atoms with van der Waals surface area (Å²) >= 11 is 0. The molecule has 0 amide bonds. The molecule has 5 heteroatoms. The Bertz CT molecular complexity index is 487. The molecule has 1 aromatic carbocycles. The van der Waals surface area contributed by atoms with Crippen molar-refractivity contribution in [2.45, 2.75) is 40.4 Å². The summed E-state index contributed by atoms with van der Waals surface area (Å²) in [5.74, 6) is -0.663. The summed E-state index contributed by atoms with van der Waals surface area (Å²) < 4.78 is 5.63. The predicted molar refractivity (Wildman–Crippen MR) is 85.1 cm³/mol. The highest BCUT2D eigenvalue weighted by molar-refractivity contribution is 5.85. The molecule has 0 bridgehead atoms. The van der Waals surface area contributed by atoms with Gasteiger partial charge in [-0.15, -0.1) is 0 Å². The molecule has 1 rings (SSSR count). The molecule has 0 saturated heterocycles. The Hall–Kier alpha value is -1.75. The van der Waals surface area contributed by atoms with Crippen molar-refractivity contribution in [1.82, 2.24) is 0 Å². The maximum Gasteiger partial charge on any atom is 0.207 e. The van der Waals surface area contributed by atoms with Gasteiger partial charge < -0.3 is 4.74 Å². The SMILES string of the molecule is CC(C)[C@H](C[N+](=O)[O-])[C@H](C)C(=O)[C@H](C)OCc1ccccc1. The first kappa shape index (κ1) is 18.3. The molecule has 0 N–H and O–H groups in total. The molecule has 0 spiro atoms. The lowest BCUT2D eigenvalue weighted by Crippen LogP contribution is -2.36. The number of benzene rings is 1. The van der Waals surface area contributed by atoms with Crippen molar-refractivity contribution in [3.05, 3.63) is 46.0 Å². The van der Waals surface area contributed by atoms with Crippen LogP contribution in [0.5, 0.6) is 0 Å².